The smallest absolute Gasteiger partial charge is 0.338 e. The molecule has 0 saturated carbocycles. The van der Waals surface area contributed by atoms with Gasteiger partial charge in [-0.25, -0.2) is 9.59 Å². The molecule has 0 heterocycles. The number of allylic oxidation sites excluding steroid dienone is 2. The number of carbonyl (C=O) groups excluding carboxylic acids is 2. The first-order valence-corrected chi connectivity index (χ1v) is 8.95. The maximum atomic E-state index is 12.6. The van der Waals surface area contributed by atoms with Crippen LogP contribution in [0.5, 0.6) is 17.2 Å². The van der Waals surface area contributed by atoms with E-state index in [0.717, 1.165) is 0 Å². The quantitative estimate of drug-likeness (QED) is 0.332. The van der Waals surface area contributed by atoms with Crippen molar-refractivity contribution in [1.29, 1.82) is 0 Å². The highest BCUT2D eigenvalue weighted by Crippen LogP contribution is 2.40. The van der Waals surface area contributed by atoms with E-state index in [-0.39, 0.29) is 12.2 Å². The standard InChI is InChI=1S/C22H28O7/c1-8-14(4)21(23)28-13-15(9-2)22(24)29-17(10-3)16-11-18(25-5)20(27-7)19(12-16)26-6/h8-12,17H,3,13H2,1-2,4-7H3/b14-8-,15-9-. The maximum absolute atomic E-state index is 12.6. The summed E-state index contributed by atoms with van der Waals surface area (Å²) >= 11 is 0. The van der Waals surface area contributed by atoms with Gasteiger partial charge in [0.05, 0.1) is 26.9 Å². The largest absolute Gasteiger partial charge is 0.493 e. The molecule has 0 fully saturated rings. The Morgan fingerprint density at radius 1 is 1.00 bits per heavy atom. The Balaban J connectivity index is 3.03. The molecule has 0 radical (unpaired) electrons. The Bertz CT molecular complexity index is 780. The molecule has 0 aliphatic carbocycles. The molecule has 0 aliphatic heterocycles. The summed E-state index contributed by atoms with van der Waals surface area (Å²) in [5.41, 5.74) is 1.25. The molecular formula is C22H28O7. The van der Waals surface area contributed by atoms with Gasteiger partial charge in [-0.1, -0.05) is 18.7 Å². The fourth-order valence-electron chi connectivity index (χ4n) is 2.34. The van der Waals surface area contributed by atoms with Crippen LogP contribution in [0.1, 0.15) is 32.4 Å². The second-order valence-electron chi connectivity index (χ2n) is 5.88. The molecule has 0 aromatic heterocycles. The number of benzene rings is 1. The Morgan fingerprint density at radius 3 is 2.00 bits per heavy atom. The third-order valence-electron chi connectivity index (χ3n) is 4.19. The number of esters is 2. The fraction of sp³-hybridized carbons (Fsp3) is 0.364. The van der Waals surface area contributed by atoms with E-state index in [0.29, 0.717) is 28.4 Å². The van der Waals surface area contributed by atoms with Gasteiger partial charge in [-0.15, -0.1) is 0 Å². The van der Waals surface area contributed by atoms with E-state index in [9.17, 15) is 9.59 Å². The second-order valence-corrected chi connectivity index (χ2v) is 5.88. The monoisotopic (exact) mass is 404 g/mol. The third kappa shape index (κ3) is 6.14. The van der Waals surface area contributed by atoms with Gasteiger partial charge in [-0.05, 0) is 39.0 Å². The van der Waals surface area contributed by atoms with Gasteiger partial charge in [-0.2, -0.15) is 0 Å². The van der Waals surface area contributed by atoms with Gasteiger partial charge in [0.1, 0.15) is 12.7 Å². The highest BCUT2D eigenvalue weighted by Gasteiger charge is 2.22. The van der Waals surface area contributed by atoms with E-state index < -0.39 is 18.0 Å². The molecule has 1 atom stereocenters. The first-order valence-electron chi connectivity index (χ1n) is 8.95. The molecular weight excluding hydrogens is 376 g/mol. The fourth-order valence-corrected chi connectivity index (χ4v) is 2.34. The van der Waals surface area contributed by atoms with Gasteiger partial charge in [-0.3, -0.25) is 0 Å². The highest BCUT2D eigenvalue weighted by atomic mass is 16.6. The predicted octanol–water partition coefficient (Wildman–Crippen LogP) is 3.94. The number of hydrogen-bond donors (Lipinski definition) is 0. The molecule has 0 spiro atoms. The van der Waals surface area contributed by atoms with Crippen LogP contribution in [0.15, 0.2) is 48.1 Å². The predicted molar refractivity (Wildman–Crippen MR) is 109 cm³/mol. The zero-order valence-electron chi connectivity index (χ0n) is 17.7. The summed E-state index contributed by atoms with van der Waals surface area (Å²) in [6.07, 6.45) is 3.87. The number of hydrogen-bond acceptors (Lipinski definition) is 7. The second kappa shape index (κ2) is 11.6. The lowest BCUT2D eigenvalue weighted by Gasteiger charge is -2.19. The molecule has 7 heteroatoms. The lowest BCUT2D eigenvalue weighted by atomic mass is 10.1. The van der Waals surface area contributed by atoms with Gasteiger partial charge in [0.15, 0.2) is 11.5 Å². The normalized spacial score (nSPS) is 12.6. The van der Waals surface area contributed by atoms with Crippen LogP contribution in [0.4, 0.5) is 0 Å². The van der Waals surface area contributed by atoms with Crippen molar-refractivity contribution in [3.63, 3.8) is 0 Å². The van der Waals surface area contributed by atoms with Crippen molar-refractivity contribution >= 4 is 11.9 Å². The van der Waals surface area contributed by atoms with Crippen molar-refractivity contribution in [2.24, 2.45) is 0 Å². The van der Waals surface area contributed by atoms with E-state index in [4.69, 9.17) is 23.7 Å². The third-order valence-corrected chi connectivity index (χ3v) is 4.19. The number of carbonyl (C=O) groups is 2. The van der Waals surface area contributed by atoms with E-state index >= 15 is 0 Å². The average Bonchev–Trinajstić information content (AvgIpc) is 2.75. The number of methoxy groups -OCH3 is 3. The molecule has 0 bridgehead atoms. The van der Waals surface area contributed by atoms with Crippen molar-refractivity contribution in [1.82, 2.24) is 0 Å². The molecule has 158 valence electrons. The topological polar surface area (TPSA) is 80.3 Å². The first kappa shape index (κ1) is 23.8. The summed E-state index contributed by atoms with van der Waals surface area (Å²) < 4.78 is 26.6. The van der Waals surface area contributed by atoms with E-state index in [1.54, 1.807) is 39.0 Å². The van der Waals surface area contributed by atoms with E-state index in [2.05, 4.69) is 6.58 Å². The van der Waals surface area contributed by atoms with Crippen LogP contribution in [0.25, 0.3) is 0 Å². The minimum Gasteiger partial charge on any atom is -0.493 e. The molecule has 0 saturated heterocycles. The summed E-state index contributed by atoms with van der Waals surface area (Å²) in [6, 6.07) is 3.34. The minimum absolute atomic E-state index is 0.196. The molecule has 0 amide bonds. The molecule has 0 N–H and O–H groups in total. The number of rotatable bonds is 10. The van der Waals surface area contributed by atoms with Crippen LogP contribution in [0.2, 0.25) is 0 Å². The maximum Gasteiger partial charge on any atom is 0.338 e. The average molecular weight is 404 g/mol. The van der Waals surface area contributed by atoms with Crippen molar-refractivity contribution in [3.05, 3.63) is 53.6 Å². The van der Waals surface area contributed by atoms with Crippen LogP contribution >= 0.6 is 0 Å². The minimum atomic E-state index is -0.779. The Morgan fingerprint density at radius 2 is 1.59 bits per heavy atom. The van der Waals surface area contributed by atoms with Crippen LogP contribution in [-0.2, 0) is 19.1 Å². The molecule has 0 aliphatic rings. The Kier molecular flexibility index (Phi) is 9.51. The summed E-state index contributed by atoms with van der Waals surface area (Å²) in [5, 5.41) is 0. The lowest BCUT2D eigenvalue weighted by molar-refractivity contribution is -0.144. The van der Waals surface area contributed by atoms with Gasteiger partial charge in [0.2, 0.25) is 5.75 Å². The van der Waals surface area contributed by atoms with Gasteiger partial charge >= 0.3 is 11.9 Å². The molecule has 1 rings (SSSR count). The molecule has 1 unspecified atom stereocenters. The van der Waals surface area contributed by atoms with E-state index in [1.807, 2.05) is 0 Å². The van der Waals surface area contributed by atoms with Crippen molar-refractivity contribution in [2.45, 2.75) is 26.9 Å². The van der Waals surface area contributed by atoms with Gasteiger partial charge < -0.3 is 23.7 Å². The van der Waals surface area contributed by atoms with Crippen LogP contribution < -0.4 is 14.2 Å². The number of ether oxygens (including phenoxy) is 5. The van der Waals surface area contributed by atoms with Gasteiger partial charge in [0, 0.05) is 11.1 Å². The first-order chi connectivity index (χ1) is 13.9. The van der Waals surface area contributed by atoms with Crippen molar-refractivity contribution < 1.29 is 33.3 Å². The van der Waals surface area contributed by atoms with Gasteiger partial charge in [0.25, 0.3) is 0 Å². The summed E-state index contributed by atoms with van der Waals surface area (Å²) in [6.45, 7) is 8.56. The molecule has 7 nitrogen and oxygen atoms in total. The highest BCUT2D eigenvalue weighted by molar-refractivity contribution is 5.91. The Labute approximate surface area is 171 Å². The van der Waals surface area contributed by atoms with Crippen molar-refractivity contribution in [2.75, 3.05) is 27.9 Å². The molecule has 1 aromatic carbocycles. The van der Waals surface area contributed by atoms with Crippen LogP contribution in [-0.4, -0.2) is 39.9 Å². The molecule has 29 heavy (non-hydrogen) atoms. The van der Waals surface area contributed by atoms with E-state index in [1.165, 1.54) is 33.5 Å². The van der Waals surface area contributed by atoms with Crippen LogP contribution in [0, 0.1) is 0 Å². The molecule has 1 aromatic rings. The zero-order chi connectivity index (χ0) is 22.0. The summed E-state index contributed by atoms with van der Waals surface area (Å²) in [4.78, 5) is 24.4. The van der Waals surface area contributed by atoms with Crippen LogP contribution in [0.3, 0.4) is 0 Å². The lowest BCUT2D eigenvalue weighted by Crippen LogP contribution is -2.18. The zero-order valence-corrected chi connectivity index (χ0v) is 17.7. The van der Waals surface area contributed by atoms with Crippen molar-refractivity contribution in [3.8, 4) is 17.2 Å². The summed E-state index contributed by atoms with van der Waals surface area (Å²) in [5.74, 6) is 0.147. The SMILES string of the molecule is C=CC(OC(=O)/C(=C\C)COC(=O)/C(C)=C\C)c1cc(OC)c(OC)c(OC)c1. The summed E-state index contributed by atoms with van der Waals surface area (Å²) in [7, 11) is 4.49. The Hall–Kier alpha value is -3.22.